The molecule has 11 aromatic rings. The van der Waals surface area contributed by atoms with Gasteiger partial charge in [0.25, 0.3) is 0 Å². The van der Waals surface area contributed by atoms with Crippen LogP contribution in [0, 0.1) is 0 Å². The molecule has 0 spiro atoms. The molecule has 0 saturated carbocycles. The minimum absolute atomic E-state index is 0.638. The molecular weight excluding hydrogens is 693 g/mol. The second kappa shape index (κ2) is 12.4. The fourth-order valence-corrected chi connectivity index (χ4v) is 8.94. The van der Waals surface area contributed by atoms with Crippen LogP contribution < -0.4 is 0 Å². The van der Waals surface area contributed by atoms with Crippen LogP contribution >= 0.6 is 0 Å². The Balaban J connectivity index is 1.06. The summed E-state index contributed by atoms with van der Waals surface area (Å²) in [5.74, 6) is 1.94. The van der Waals surface area contributed by atoms with Crippen molar-refractivity contribution < 1.29 is 0 Å². The van der Waals surface area contributed by atoms with Crippen LogP contribution in [0.1, 0.15) is 0 Å². The zero-order valence-electron chi connectivity index (χ0n) is 30.8. The first kappa shape index (κ1) is 31.6. The van der Waals surface area contributed by atoms with Gasteiger partial charge in [-0.15, -0.1) is 0 Å². The van der Waals surface area contributed by atoms with Crippen LogP contribution in [0.2, 0.25) is 0 Å². The predicted molar refractivity (Wildman–Crippen MR) is 235 cm³/mol. The Morgan fingerprint density at radius 2 is 0.825 bits per heavy atom. The minimum Gasteiger partial charge on any atom is -0.309 e. The molecule has 2 heterocycles. The van der Waals surface area contributed by atoms with Crippen LogP contribution in [0.5, 0.6) is 0 Å². The summed E-state index contributed by atoms with van der Waals surface area (Å²) < 4.78 is 2.47. The highest BCUT2D eigenvalue weighted by Crippen LogP contribution is 2.51. The molecule has 0 N–H and O–H groups in total. The first-order chi connectivity index (χ1) is 28.2. The van der Waals surface area contributed by atoms with Crippen LogP contribution in [0.25, 0.3) is 117 Å². The van der Waals surface area contributed by atoms with Crippen molar-refractivity contribution in [3.05, 3.63) is 194 Å². The van der Waals surface area contributed by atoms with Crippen LogP contribution in [0.3, 0.4) is 0 Å². The third kappa shape index (κ3) is 4.98. The maximum absolute atomic E-state index is 5.02. The molecule has 9 aromatic carbocycles. The fourth-order valence-electron chi connectivity index (χ4n) is 8.94. The molecule has 264 valence electrons. The van der Waals surface area contributed by atoms with E-state index in [0.717, 1.165) is 33.5 Å². The molecular formula is C53H32N4. The van der Waals surface area contributed by atoms with E-state index in [1.165, 1.54) is 65.6 Å². The zero-order chi connectivity index (χ0) is 37.5. The molecule has 1 aliphatic rings. The molecule has 12 rings (SSSR count). The molecule has 0 aliphatic heterocycles. The van der Waals surface area contributed by atoms with Crippen molar-refractivity contribution in [1.29, 1.82) is 0 Å². The van der Waals surface area contributed by atoms with E-state index in [4.69, 9.17) is 15.0 Å². The SMILES string of the molecule is c1ccc(-c2nc(-c3ccccc3)nc(-c3cccc(-c4cccc(-n5c6cc7ccccc7cc6c6c7cccc8c7c(cc65)-c5ccccc5-8)c4)c3)n2)cc1. The molecule has 0 amide bonds. The summed E-state index contributed by atoms with van der Waals surface area (Å²) in [7, 11) is 0. The van der Waals surface area contributed by atoms with Gasteiger partial charge in [-0.3, -0.25) is 0 Å². The summed E-state index contributed by atoms with van der Waals surface area (Å²) in [5.41, 5.74) is 13.8. The predicted octanol–water partition coefficient (Wildman–Crippen LogP) is 13.6. The highest BCUT2D eigenvalue weighted by molar-refractivity contribution is 6.30. The lowest BCUT2D eigenvalue weighted by molar-refractivity contribution is 1.07. The smallest absolute Gasteiger partial charge is 0.164 e. The number of hydrogen-bond donors (Lipinski definition) is 0. The number of fused-ring (bicyclic) bond motifs is 8. The summed E-state index contributed by atoms with van der Waals surface area (Å²) >= 11 is 0. The summed E-state index contributed by atoms with van der Waals surface area (Å²) in [6, 6.07) is 69.2. The van der Waals surface area contributed by atoms with Gasteiger partial charge in [-0.05, 0) is 91.3 Å². The Labute approximate surface area is 329 Å². The lowest BCUT2D eigenvalue weighted by atomic mass is 9.97. The van der Waals surface area contributed by atoms with E-state index >= 15 is 0 Å². The molecule has 2 aromatic heterocycles. The maximum atomic E-state index is 5.02. The van der Waals surface area contributed by atoms with Gasteiger partial charge in [0.05, 0.1) is 11.0 Å². The first-order valence-electron chi connectivity index (χ1n) is 19.4. The van der Waals surface area contributed by atoms with Gasteiger partial charge in [0.2, 0.25) is 0 Å². The minimum atomic E-state index is 0.638. The molecule has 4 nitrogen and oxygen atoms in total. The van der Waals surface area contributed by atoms with Gasteiger partial charge in [0.1, 0.15) is 0 Å². The Hall–Kier alpha value is -7.69. The van der Waals surface area contributed by atoms with E-state index in [1.54, 1.807) is 0 Å². The highest BCUT2D eigenvalue weighted by Gasteiger charge is 2.25. The fraction of sp³-hybridized carbons (Fsp3) is 0. The average Bonchev–Trinajstić information content (AvgIpc) is 3.79. The molecule has 1 aliphatic carbocycles. The second-order valence-electron chi connectivity index (χ2n) is 14.8. The molecule has 0 atom stereocenters. The van der Waals surface area contributed by atoms with Crippen molar-refractivity contribution in [2.45, 2.75) is 0 Å². The van der Waals surface area contributed by atoms with Gasteiger partial charge in [-0.25, -0.2) is 15.0 Å². The lowest BCUT2D eigenvalue weighted by Gasteiger charge is -2.13. The highest BCUT2D eigenvalue weighted by atomic mass is 15.0. The topological polar surface area (TPSA) is 43.6 Å². The third-order valence-electron chi connectivity index (χ3n) is 11.5. The van der Waals surface area contributed by atoms with Crippen molar-refractivity contribution in [3.8, 4) is 73.2 Å². The standard InChI is InChI=1S/C53H32N4/c1-3-14-33(15-4-1)51-54-52(34-16-5-2-6-17-34)56-53(55-51)39-22-11-20-35(28-39)36-21-12-23-40(29-36)57-47-31-38-19-8-7-18-37(38)30-46(47)50-44-27-13-26-43-41-24-9-10-25-42(41)45(49(43)44)32-48(50)57/h1-32H. The summed E-state index contributed by atoms with van der Waals surface area (Å²) in [6.45, 7) is 0. The Bertz CT molecular complexity index is 3340. The van der Waals surface area contributed by atoms with Gasteiger partial charge < -0.3 is 4.57 Å². The van der Waals surface area contributed by atoms with Crippen LogP contribution in [0.15, 0.2) is 194 Å². The number of hydrogen-bond acceptors (Lipinski definition) is 3. The molecule has 0 fully saturated rings. The van der Waals surface area contributed by atoms with Gasteiger partial charge in [0.15, 0.2) is 17.5 Å². The van der Waals surface area contributed by atoms with E-state index in [0.29, 0.717) is 17.5 Å². The van der Waals surface area contributed by atoms with Gasteiger partial charge >= 0.3 is 0 Å². The quantitative estimate of drug-likeness (QED) is 0.177. The van der Waals surface area contributed by atoms with E-state index in [-0.39, 0.29) is 0 Å². The molecule has 57 heavy (non-hydrogen) atoms. The summed E-state index contributed by atoms with van der Waals surface area (Å²) in [4.78, 5) is 15.0. The summed E-state index contributed by atoms with van der Waals surface area (Å²) in [6.07, 6.45) is 0. The molecule has 0 saturated heterocycles. The molecule has 0 unspecified atom stereocenters. The van der Waals surface area contributed by atoms with Crippen molar-refractivity contribution in [2.75, 3.05) is 0 Å². The number of benzene rings is 9. The lowest BCUT2D eigenvalue weighted by Crippen LogP contribution is -2.00. The molecule has 4 heteroatoms. The van der Waals surface area contributed by atoms with Crippen molar-refractivity contribution in [1.82, 2.24) is 19.5 Å². The normalized spacial score (nSPS) is 11.9. The van der Waals surface area contributed by atoms with E-state index in [1.807, 2.05) is 60.7 Å². The largest absolute Gasteiger partial charge is 0.309 e. The number of rotatable bonds is 5. The van der Waals surface area contributed by atoms with Crippen molar-refractivity contribution >= 4 is 43.4 Å². The molecule has 0 bridgehead atoms. The molecule has 0 radical (unpaired) electrons. The van der Waals surface area contributed by atoms with Crippen molar-refractivity contribution in [3.63, 3.8) is 0 Å². The van der Waals surface area contributed by atoms with Gasteiger partial charge in [0, 0.05) is 33.2 Å². The maximum Gasteiger partial charge on any atom is 0.164 e. The Kier molecular flexibility index (Phi) is 6.89. The van der Waals surface area contributed by atoms with Gasteiger partial charge in [-0.2, -0.15) is 0 Å². The van der Waals surface area contributed by atoms with E-state index in [2.05, 4.69) is 138 Å². The van der Waals surface area contributed by atoms with Crippen LogP contribution in [-0.2, 0) is 0 Å². The monoisotopic (exact) mass is 724 g/mol. The Morgan fingerprint density at radius 3 is 1.54 bits per heavy atom. The Morgan fingerprint density at radius 1 is 0.298 bits per heavy atom. The first-order valence-corrected chi connectivity index (χ1v) is 19.4. The average molecular weight is 725 g/mol. The van der Waals surface area contributed by atoms with Crippen LogP contribution in [0.4, 0.5) is 0 Å². The third-order valence-corrected chi connectivity index (χ3v) is 11.5. The van der Waals surface area contributed by atoms with E-state index < -0.39 is 0 Å². The second-order valence-corrected chi connectivity index (χ2v) is 14.8. The van der Waals surface area contributed by atoms with E-state index in [9.17, 15) is 0 Å². The van der Waals surface area contributed by atoms with Gasteiger partial charge in [-0.1, -0.05) is 158 Å². The van der Waals surface area contributed by atoms with Crippen LogP contribution in [-0.4, -0.2) is 19.5 Å². The number of nitrogens with zero attached hydrogens (tertiary/aromatic N) is 4. The zero-order valence-corrected chi connectivity index (χ0v) is 30.8. The summed E-state index contributed by atoms with van der Waals surface area (Å²) in [5, 5.41) is 7.64. The number of aromatic nitrogens is 4. The van der Waals surface area contributed by atoms with Crippen molar-refractivity contribution in [2.24, 2.45) is 0 Å².